The maximum absolute atomic E-state index is 13.0. The number of aromatic amines is 1. The van der Waals surface area contributed by atoms with Gasteiger partial charge in [0.2, 0.25) is 17.8 Å². The van der Waals surface area contributed by atoms with Gasteiger partial charge in [0.1, 0.15) is 11.6 Å². The smallest absolute Gasteiger partial charge is 0.248 e. The van der Waals surface area contributed by atoms with Crippen molar-refractivity contribution in [2.75, 3.05) is 23.3 Å². The minimum absolute atomic E-state index is 0.114. The third-order valence-electron chi connectivity index (χ3n) is 5.10. The lowest BCUT2D eigenvalue weighted by atomic mass is 9.97. The Hall–Kier alpha value is -3.36. The number of anilines is 2. The maximum Gasteiger partial charge on any atom is 0.248 e. The van der Waals surface area contributed by atoms with E-state index in [0.717, 1.165) is 36.3 Å². The normalized spacial score (nSPS) is 16.5. The van der Waals surface area contributed by atoms with Gasteiger partial charge in [-0.05, 0) is 50.5 Å². The molecule has 1 aromatic carbocycles. The van der Waals surface area contributed by atoms with Crippen LogP contribution in [0, 0.1) is 25.6 Å². The van der Waals surface area contributed by atoms with Crippen molar-refractivity contribution in [2.45, 2.75) is 33.1 Å². The Bertz CT molecular complexity index is 1010. The number of aromatic nitrogens is 5. The summed E-state index contributed by atoms with van der Waals surface area (Å²) in [5.41, 5.74) is 2.73. The summed E-state index contributed by atoms with van der Waals surface area (Å²) in [5.74, 6) is 0.933. The first-order valence-electron chi connectivity index (χ1n) is 10.00. The molecule has 0 saturated carbocycles. The van der Waals surface area contributed by atoms with Gasteiger partial charge in [-0.2, -0.15) is 4.98 Å². The average molecular weight is 409 g/mol. The Labute approximate surface area is 174 Å². The van der Waals surface area contributed by atoms with Gasteiger partial charge in [0.25, 0.3) is 0 Å². The monoisotopic (exact) mass is 409 g/mol. The van der Waals surface area contributed by atoms with Gasteiger partial charge < -0.3 is 4.90 Å². The van der Waals surface area contributed by atoms with Gasteiger partial charge in [-0.25, -0.2) is 14.4 Å². The number of amides is 1. The van der Waals surface area contributed by atoms with Crippen LogP contribution in [-0.2, 0) is 11.2 Å². The van der Waals surface area contributed by atoms with Crippen molar-refractivity contribution in [2.24, 2.45) is 5.92 Å². The molecule has 2 N–H and O–H groups in total. The molecule has 0 aliphatic carbocycles. The first-order valence-corrected chi connectivity index (χ1v) is 10.00. The van der Waals surface area contributed by atoms with E-state index in [9.17, 15) is 9.18 Å². The van der Waals surface area contributed by atoms with Gasteiger partial charge in [0, 0.05) is 30.9 Å². The average Bonchev–Trinajstić information content (AvgIpc) is 3.16. The largest absolute Gasteiger partial charge is 0.340 e. The van der Waals surface area contributed by atoms with E-state index in [-0.39, 0.29) is 23.6 Å². The predicted octanol–water partition coefficient (Wildman–Crippen LogP) is 2.80. The Kier molecular flexibility index (Phi) is 5.69. The maximum atomic E-state index is 13.0. The van der Waals surface area contributed by atoms with Crippen LogP contribution in [0.2, 0.25) is 0 Å². The highest BCUT2D eigenvalue weighted by molar-refractivity contribution is 5.91. The molecular formula is C21H24FN7O. The summed E-state index contributed by atoms with van der Waals surface area (Å²) in [5, 5.41) is 9.71. The number of halogens is 1. The molecule has 0 spiro atoms. The van der Waals surface area contributed by atoms with Crippen LogP contribution < -0.4 is 10.2 Å². The zero-order valence-corrected chi connectivity index (χ0v) is 17.0. The second-order valence-electron chi connectivity index (χ2n) is 7.63. The van der Waals surface area contributed by atoms with Crippen LogP contribution in [0.5, 0.6) is 0 Å². The molecule has 1 aliphatic rings. The Morgan fingerprint density at radius 3 is 2.67 bits per heavy atom. The molecule has 8 nitrogen and oxygen atoms in total. The number of nitrogens with one attached hydrogen (secondary N) is 2. The summed E-state index contributed by atoms with van der Waals surface area (Å²) in [6.45, 7) is 5.27. The number of aryl methyl sites for hydroxylation is 2. The first-order chi connectivity index (χ1) is 14.5. The highest BCUT2D eigenvalue weighted by Crippen LogP contribution is 2.22. The van der Waals surface area contributed by atoms with Crippen LogP contribution in [0.3, 0.4) is 0 Å². The summed E-state index contributed by atoms with van der Waals surface area (Å²) in [6, 6.07) is 8.14. The van der Waals surface area contributed by atoms with Gasteiger partial charge in [-0.3, -0.25) is 15.2 Å². The minimum Gasteiger partial charge on any atom is -0.340 e. The summed E-state index contributed by atoms with van der Waals surface area (Å²) >= 11 is 0. The van der Waals surface area contributed by atoms with Gasteiger partial charge in [-0.15, -0.1) is 5.10 Å². The van der Waals surface area contributed by atoms with Gasteiger partial charge in [-0.1, -0.05) is 12.1 Å². The lowest BCUT2D eigenvalue weighted by Gasteiger charge is -2.32. The highest BCUT2D eigenvalue weighted by Gasteiger charge is 2.28. The van der Waals surface area contributed by atoms with Crippen molar-refractivity contribution in [3.63, 3.8) is 0 Å². The third-order valence-corrected chi connectivity index (χ3v) is 5.10. The van der Waals surface area contributed by atoms with Crippen LogP contribution in [0.25, 0.3) is 0 Å². The lowest BCUT2D eigenvalue weighted by Crippen LogP contribution is -2.41. The van der Waals surface area contributed by atoms with Gasteiger partial charge in [0.15, 0.2) is 0 Å². The molecule has 4 rings (SSSR count). The van der Waals surface area contributed by atoms with E-state index in [4.69, 9.17) is 0 Å². The highest BCUT2D eigenvalue weighted by atomic mass is 19.1. The number of hydrogen-bond acceptors (Lipinski definition) is 6. The van der Waals surface area contributed by atoms with E-state index in [1.54, 1.807) is 12.1 Å². The number of piperidine rings is 1. The topological polar surface area (TPSA) is 99.7 Å². The first kappa shape index (κ1) is 19.9. The molecule has 1 unspecified atom stereocenters. The predicted molar refractivity (Wildman–Crippen MR) is 111 cm³/mol. The fourth-order valence-corrected chi connectivity index (χ4v) is 3.66. The van der Waals surface area contributed by atoms with Crippen molar-refractivity contribution >= 4 is 17.8 Å². The van der Waals surface area contributed by atoms with Crippen molar-refractivity contribution in [3.05, 3.63) is 58.9 Å². The summed E-state index contributed by atoms with van der Waals surface area (Å²) in [7, 11) is 0. The van der Waals surface area contributed by atoms with Crippen molar-refractivity contribution < 1.29 is 9.18 Å². The van der Waals surface area contributed by atoms with E-state index < -0.39 is 0 Å². The van der Waals surface area contributed by atoms with E-state index in [1.807, 2.05) is 19.9 Å². The zero-order chi connectivity index (χ0) is 21.1. The molecule has 9 heteroatoms. The molecule has 3 heterocycles. The molecule has 1 amide bonds. The molecule has 2 aromatic heterocycles. The number of rotatable bonds is 5. The SMILES string of the molecule is Cc1cc(C)nc(N2CCCC(C(=O)Nc3n[nH]c(Cc4ccc(F)cc4)n3)C2)n1. The van der Waals surface area contributed by atoms with E-state index in [2.05, 4.69) is 35.4 Å². The molecule has 0 radical (unpaired) electrons. The van der Waals surface area contributed by atoms with Gasteiger partial charge in [0.05, 0.1) is 5.92 Å². The molecule has 3 aromatic rings. The molecule has 30 heavy (non-hydrogen) atoms. The molecule has 156 valence electrons. The number of benzene rings is 1. The van der Waals surface area contributed by atoms with Gasteiger partial charge >= 0.3 is 0 Å². The zero-order valence-electron chi connectivity index (χ0n) is 17.0. The summed E-state index contributed by atoms with van der Waals surface area (Å²) in [4.78, 5) is 28.2. The number of H-pyrrole nitrogens is 1. The van der Waals surface area contributed by atoms with Crippen molar-refractivity contribution in [1.82, 2.24) is 25.1 Å². The summed E-state index contributed by atoms with van der Waals surface area (Å²) < 4.78 is 13.0. The summed E-state index contributed by atoms with van der Waals surface area (Å²) in [6.07, 6.45) is 2.16. The molecule has 0 bridgehead atoms. The molecular weight excluding hydrogens is 385 g/mol. The van der Waals surface area contributed by atoms with Crippen molar-refractivity contribution in [1.29, 1.82) is 0 Å². The van der Waals surface area contributed by atoms with Crippen LogP contribution in [-0.4, -0.2) is 44.1 Å². The van der Waals surface area contributed by atoms with E-state index >= 15 is 0 Å². The minimum atomic E-state index is -0.281. The Balaban J connectivity index is 1.37. The van der Waals surface area contributed by atoms with E-state index in [0.29, 0.717) is 24.7 Å². The Morgan fingerprint density at radius 1 is 1.20 bits per heavy atom. The number of carbonyl (C=O) groups excluding carboxylic acids is 1. The number of nitrogens with zero attached hydrogens (tertiary/aromatic N) is 5. The Morgan fingerprint density at radius 2 is 1.93 bits per heavy atom. The number of hydrogen-bond donors (Lipinski definition) is 2. The molecule has 1 saturated heterocycles. The lowest BCUT2D eigenvalue weighted by molar-refractivity contribution is -0.120. The second kappa shape index (κ2) is 8.56. The van der Waals surface area contributed by atoms with E-state index in [1.165, 1.54) is 12.1 Å². The fourth-order valence-electron chi connectivity index (χ4n) is 3.66. The number of carbonyl (C=O) groups is 1. The van der Waals surface area contributed by atoms with Crippen LogP contribution in [0.15, 0.2) is 30.3 Å². The van der Waals surface area contributed by atoms with Crippen LogP contribution in [0.1, 0.15) is 35.6 Å². The molecule has 1 fully saturated rings. The third kappa shape index (κ3) is 4.79. The van der Waals surface area contributed by atoms with Crippen LogP contribution >= 0.6 is 0 Å². The molecule has 1 atom stereocenters. The quantitative estimate of drug-likeness (QED) is 0.672. The van der Waals surface area contributed by atoms with Crippen LogP contribution in [0.4, 0.5) is 16.3 Å². The second-order valence-corrected chi connectivity index (χ2v) is 7.63. The standard InChI is InChI=1S/C21H24FN7O/c1-13-10-14(2)24-21(23-13)29-9-3-4-16(12-29)19(30)26-20-25-18(27-28-20)11-15-5-7-17(22)8-6-15/h5-8,10,16H,3-4,9,11-12H2,1-2H3,(H2,25,26,27,28,30). The fraction of sp³-hybridized carbons (Fsp3) is 0.381. The molecule has 1 aliphatic heterocycles. The van der Waals surface area contributed by atoms with Crippen molar-refractivity contribution in [3.8, 4) is 0 Å².